The van der Waals surface area contributed by atoms with Crippen molar-refractivity contribution in [1.82, 2.24) is 25.0 Å². The summed E-state index contributed by atoms with van der Waals surface area (Å²) in [6.45, 7) is 8.52. The van der Waals surface area contributed by atoms with Crippen LogP contribution in [0.5, 0.6) is 0 Å². The Morgan fingerprint density at radius 2 is 2.00 bits per heavy atom. The second-order valence-corrected chi connectivity index (χ2v) is 11.2. The van der Waals surface area contributed by atoms with Gasteiger partial charge in [0.25, 0.3) is 0 Å². The fourth-order valence-electron chi connectivity index (χ4n) is 4.30. The van der Waals surface area contributed by atoms with Gasteiger partial charge in [-0.05, 0) is 43.4 Å². The summed E-state index contributed by atoms with van der Waals surface area (Å²) in [5, 5.41) is 25.6. The molecule has 0 spiro atoms. The zero-order chi connectivity index (χ0) is 27.2. The smallest absolute Gasteiger partial charge is 0.237 e. The second-order valence-electron chi connectivity index (χ2n) is 10.8. The number of aryl methyl sites for hydroxylation is 1. The van der Waals surface area contributed by atoms with Crippen LogP contribution in [0.4, 0.5) is 20.2 Å². The zero-order valence-corrected chi connectivity index (χ0v) is 22.2. The Kier molecular flexibility index (Phi) is 6.65. The lowest BCUT2D eigenvalue weighted by Gasteiger charge is -2.23. The molecule has 1 saturated carbocycles. The number of halogens is 3. The Bertz CT molecular complexity index is 1570. The molecular weight excluding hydrogens is 510 g/mol. The molecule has 0 radical (unpaired) electrons. The Balaban J connectivity index is 1.62. The molecule has 1 aliphatic carbocycles. The van der Waals surface area contributed by atoms with Crippen LogP contribution in [0.15, 0.2) is 30.5 Å². The van der Waals surface area contributed by atoms with Crippen molar-refractivity contribution in [2.45, 2.75) is 52.6 Å². The van der Waals surface area contributed by atoms with E-state index in [0.29, 0.717) is 50.7 Å². The van der Waals surface area contributed by atoms with E-state index in [1.165, 1.54) is 16.9 Å². The molecule has 0 unspecified atom stereocenters. The molecule has 1 fully saturated rings. The molecule has 196 valence electrons. The van der Waals surface area contributed by atoms with Crippen molar-refractivity contribution >= 4 is 33.9 Å². The van der Waals surface area contributed by atoms with Crippen LogP contribution in [0.1, 0.15) is 68.2 Å². The summed E-state index contributed by atoms with van der Waals surface area (Å²) in [5.74, 6) is -1.19. The minimum atomic E-state index is -0.831. The molecule has 11 heteroatoms. The summed E-state index contributed by atoms with van der Waals surface area (Å²) in [6.07, 6.45) is 3.18. The number of nitriles is 1. The normalized spacial score (nSPS) is 14.4. The average Bonchev–Trinajstić information content (AvgIpc) is 3.62. The molecule has 0 bridgehead atoms. The first kappa shape index (κ1) is 25.8. The first-order chi connectivity index (χ1) is 18.1. The summed E-state index contributed by atoms with van der Waals surface area (Å²) in [4.78, 5) is 8.33. The quantitative estimate of drug-likeness (QED) is 0.266. The summed E-state index contributed by atoms with van der Waals surface area (Å²) >= 11 is 6.65. The Labute approximate surface area is 224 Å². The Morgan fingerprint density at radius 3 is 2.66 bits per heavy atom. The highest BCUT2D eigenvalue weighted by Gasteiger charge is 2.33. The minimum Gasteiger partial charge on any atom is -0.383 e. The maximum atomic E-state index is 15.5. The minimum absolute atomic E-state index is 0.00798. The van der Waals surface area contributed by atoms with Gasteiger partial charge in [0.15, 0.2) is 0 Å². The van der Waals surface area contributed by atoms with Gasteiger partial charge in [0, 0.05) is 35.1 Å². The molecule has 1 aromatic carbocycles. The van der Waals surface area contributed by atoms with Crippen molar-refractivity contribution < 1.29 is 8.78 Å². The van der Waals surface area contributed by atoms with Gasteiger partial charge in [-0.3, -0.25) is 4.98 Å². The van der Waals surface area contributed by atoms with Crippen LogP contribution in [-0.2, 0) is 0 Å². The van der Waals surface area contributed by atoms with E-state index in [0.717, 1.165) is 12.8 Å². The third kappa shape index (κ3) is 5.11. The van der Waals surface area contributed by atoms with Gasteiger partial charge in [-0.2, -0.15) is 14.0 Å². The van der Waals surface area contributed by atoms with Crippen LogP contribution in [0.25, 0.3) is 10.9 Å². The average molecular weight is 537 g/mol. The summed E-state index contributed by atoms with van der Waals surface area (Å²) in [5.41, 5.74) is 2.99. The highest BCUT2D eigenvalue weighted by atomic mass is 35.5. The summed E-state index contributed by atoms with van der Waals surface area (Å²) in [6, 6.07) is 7.62. The number of benzene rings is 1. The van der Waals surface area contributed by atoms with Crippen molar-refractivity contribution in [3.63, 3.8) is 0 Å². The number of fused-ring (bicyclic) bond motifs is 1. The van der Waals surface area contributed by atoms with E-state index >= 15 is 4.39 Å². The van der Waals surface area contributed by atoms with E-state index in [4.69, 9.17) is 11.6 Å². The van der Waals surface area contributed by atoms with Gasteiger partial charge in [0.2, 0.25) is 11.9 Å². The molecule has 38 heavy (non-hydrogen) atoms. The van der Waals surface area contributed by atoms with Gasteiger partial charge in [-0.15, -0.1) is 5.10 Å². The van der Waals surface area contributed by atoms with Gasteiger partial charge in [0.05, 0.1) is 27.8 Å². The maximum absolute atomic E-state index is 15.5. The first-order valence-corrected chi connectivity index (χ1v) is 12.7. The Morgan fingerprint density at radius 1 is 1.24 bits per heavy atom. The van der Waals surface area contributed by atoms with Crippen LogP contribution in [0.2, 0.25) is 5.02 Å². The van der Waals surface area contributed by atoms with Gasteiger partial charge in [0.1, 0.15) is 17.8 Å². The third-order valence-electron chi connectivity index (χ3n) is 6.38. The molecule has 4 aromatic rings. The largest absolute Gasteiger partial charge is 0.383 e. The lowest BCUT2D eigenvalue weighted by Crippen LogP contribution is -2.20. The second kappa shape index (κ2) is 9.80. The predicted octanol–water partition coefficient (Wildman–Crippen LogP) is 6.33. The number of nitrogens with one attached hydrogen (secondary N) is 2. The molecule has 8 nitrogen and oxygen atoms in total. The standard InChI is InChI=1S/C27H27ClF2N8/c1-14-18(7-8-21(29)34-14)24(25-26(30)38(37-36-25)17-5-6-17)35-16-9-19-22(33-13-27(2,3)4)15(11-31)12-32-23(19)20(28)10-16/h7-10,12,17,24,35H,5-6,13H2,1-4H3,(H,32,33)/t24-/m0/s1. The number of pyridine rings is 2. The maximum Gasteiger partial charge on any atom is 0.237 e. The van der Waals surface area contributed by atoms with Crippen LogP contribution in [0.3, 0.4) is 0 Å². The molecule has 3 aromatic heterocycles. The molecule has 5 rings (SSSR count). The summed E-state index contributed by atoms with van der Waals surface area (Å²) in [7, 11) is 0. The number of nitrogens with zero attached hydrogens (tertiary/aromatic N) is 6. The number of aromatic nitrogens is 5. The number of rotatable bonds is 7. The predicted molar refractivity (Wildman–Crippen MR) is 142 cm³/mol. The molecule has 2 N–H and O–H groups in total. The van der Waals surface area contributed by atoms with Crippen molar-refractivity contribution in [2.75, 3.05) is 17.2 Å². The van der Waals surface area contributed by atoms with Crippen LogP contribution >= 0.6 is 11.6 Å². The van der Waals surface area contributed by atoms with Crippen molar-refractivity contribution in [3.8, 4) is 6.07 Å². The fourth-order valence-corrected chi connectivity index (χ4v) is 4.57. The fraction of sp³-hybridized carbons (Fsp3) is 0.370. The van der Waals surface area contributed by atoms with Gasteiger partial charge in [-0.25, -0.2) is 9.67 Å². The number of anilines is 2. The Hall–Kier alpha value is -3.84. The van der Waals surface area contributed by atoms with Crippen molar-refractivity contribution in [3.05, 3.63) is 69.9 Å². The highest BCUT2D eigenvalue weighted by Crippen LogP contribution is 2.39. The van der Waals surface area contributed by atoms with Crippen molar-refractivity contribution in [2.24, 2.45) is 5.41 Å². The monoisotopic (exact) mass is 536 g/mol. The van der Waals surface area contributed by atoms with E-state index < -0.39 is 17.9 Å². The molecule has 3 heterocycles. The van der Waals surface area contributed by atoms with E-state index in [2.05, 4.69) is 57.8 Å². The first-order valence-electron chi connectivity index (χ1n) is 12.3. The van der Waals surface area contributed by atoms with Crippen LogP contribution in [0, 0.1) is 35.6 Å². The zero-order valence-electron chi connectivity index (χ0n) is 21.5. The van der Waals surface area contributed by atoms with E-state index in [1.54, 1.807) is 19.1 Å². The van der Waals surface area contributed by atoms with Gasteiger partial charge in [-0.1, -0.05) is 43.7 Å². The molecule has 1 atom stereocenters. The van der Waals surface area contributed by atoms with Gasteiger partial charge >= 0.3 is 0 Å². The SMILES string of the molecule is Cc1nc(F)ccc1[C@H](Nc1cc(Cl)c2ncc(C#N)c(NCC(C)(C)C)c2c1)c1nnn(C2CC2)c1F. The van der Waals surface area contributed by atoms with Crippen LogP contribution < -0.4 is 10.6 Å². The van der Waals surface area contributed by atoms with E-state index in [1.807, 2.05) is 6.07 Å². The highest BCUT2D eigenvalue weighted by molar-refractivity contribution is 6.35. The lowest BCUT2D eigenvalue weighted by molar-refractivity contribution is 0.443. The molecule has 0 saturated heterocycles. The van der Waals surface area contributed by atoms with Gasteiger partial charge < -0.3 is 10.6 Å². The molecule has 0 aliphatic heterocycles. The topological polar surface area (TPSA) is 104 Å². The summed E-state index contributed by atoms with van der Waals surface area (Å²) < 4.78 is 30.6. The molecule has 1 aliphatic rings. The number of hydrogen-bond acceptors (Lipinski definition) is 7. The lowest BCUT2D eigenvalue weighted by atomic mass is 9.96. The van der Waals surface area contributed by atoms with Crippen molar-refractivity contribution in [1.29, 1.82) is 5.26 Å². The third-order valence-corrected chi connectivity index (χ3v) is 6.67. The molecule has 0 amide bonds. The number of hydrogen-bond donors (Lipinski definition) is 2. The van der Waals surface area contributed by atoms with E-state index in [9.17, 15) is 9.65 Å². The van der Waals surface area contributed by atoms with Crippen LogP contribution in [-0.4, -0.2) is 31.5 Å². The molecular formula is C27H27ClF2N8. The van der Waals surface area contributed by atoms with E-state index in [-0.39, 0.29) is 17.2 Å².